The molecule has 5 aromatic carbocycles. The first-order chi connectivity index (χ1) is 22.9. The Labute approximate surface area is 276 Å². The monoisotopic (exact) mass is 628 g/mol. The molecule has 7 heteroatoms. The average Bonchev–Trinajstić information content (AvgIpc) is 3.11. The molecule has 240 valence electrons. The molecule has 0 fully saturated rings. The molecular formula is C40H40N2O5. The van der Waals surface area contributed by atoms with E-state index in [4.69, 9.17) is 18.9 Å². The molecule has 1 unspecified atom stereocenters. The van der Waals surface area contributed by atoms with Crippen LogP contribution in [-0.4, -0.2) is 40.4 Å². The SMILES string of the molecule is CCN(CC)c1ccc2c(c1)Oc1cc(C)c(N(c3ccc(OC)cc3)c3ccc(OC)cc3)cc1C2c1ccccc1C(=O)OC. The molecule has 6 rings (SSSR count). The summed E-state index contributed by atoms with van der Waals surface area (Å²) in [6.45, 7) is 8.16. The molecule has 0 bridgehead atoms. The van der Waals surface area contributed by atoms with E-state index in [2.05, 4.69) is 60.9 Å². The molecule has 0 radical (unpaired) electrons. The summed E-state index contributed by atoms with van der Waals surface area (Å²) in [6.07, 6.45) is 0. The molecule has 1 aliphatic heterocycles. The number of hydrogen-bond donors (Lipinski definition) is 0. The van der Waals surface area contributed by atoms with Crippen molar-refractivity contribution >= 4 is 28.7 Å². The highest BCUT2D eigenvalue weighted by Crippen LogP contribution is 2.52. The van der Waals surface area contributed by atoms with Gasteiger partial charge in [0.25, 0.3) is 0 Å². The standard InChI is InChI=1S/C40H40N2O5/c1-7-41(8-2)29-17-22-34-38(24-29)47-37-23-26(3)36(25-35(37)39(34)32-11-9-10-12-33(32)40(43)46-6)42(27-13-18-30(44-4)19-14-27)28-15-20-31(45-5)21-16-28/h9-25,39H,7-8H2,1-6H3. The van der Waals surface area contributed by atoms with Crippen LogP contribution < -0.4 is 24.0 Å². The maximum Gasteiger partial charge on any atom is 0.338 e. The summed E-state index contributed by atoms with van der Waals surface area (Å²) in [5.74, 6) is 2.42. The fourth-order valence-electron chi connectivity index (χ4n) is 6.43. The number of carbonyl (C=O) groups excluding carboxylic acids is 1. The van der Waals surface area contributed by atoms with Crippen LogP contribution >= 0.6 is 0 Å². The maximum absolute atomic E-state index is 13.1. The van der Waals surface area contributed by atoms with Gasteiger partial charge >= 0.3 is 5.97 Å². The van der Waals surface area contributed by atoms with Crippen LogP contribution in [0, 0.1) is 6.92 Å². The summed E-state index contributed by atoms with van der Waals surface area (Å²) < 4.78 is 22.9. The van der Waals surface area contributed by atoms with Gasteiger partial charge in [0.1, 0.15) is 23.0 Å². The Bertz CT molecular complexity index is 1830. The summed E-state index contributed by atoms with van der Waals surface area (Å²) >= 11 is 0. The average molecular weight is 629 g/mol. The Morgan fingerprint density at radius 1 is 0.681 bits per heavy atom. The van der Waals surface area contributed by atoms with Crippen molar-refractivity contribution in [3.05, 3.63) is 131 Å². The Balaban J connectivity index is 1.58. The maximum atomic E-state index is 13.1. The molecule has 0 saturated carbocycles. The number of carbonyl (C=O) groups is 1. The van der Waals surface area contributed by atoms with E-state index in [1.807, 2.05) is 72.8 Å². The van der Waals surface area contributed by atoms with Crippen LogP contribution in [0.25, 0.3) is 0 Å². The number of nitrogens with zero attached hydrogens (tertiary/aromatic N) is 2. The molecule has 5 aromatic rings. The van der Waals surface area contributed by atoms with Crippen LogP contribution in [0.4, 0.5) is 22.7 Å². The Hall–Kier alpha value is -5.43. The zero-order chi connectivity index (χ0) is 33.1. The fourth-order valence-corrected chi connectivity index (χ4v) is 6.43. The fraction of sp³-hybridized carbons (Fsp3) is 0.225. The molecule has 0 amide bonds. The second-order valence-electron chi connectivity index (χ2n) is 11.4. The van der Waals surface area contributed by atoms with Crippen molar-refractivity contribution in [2.24, 2.45) is 0 Å². The van der Waals surface area contributed by atoms with E-state index in [0.29, 0.717) is 5.56 Å². The second-order valence-corrected chi connectivity index (χ2v) is 11.4. The zero-order valence-corrected chi connectivity index (χ0v) is 27.7. The quantitative estimate of drug-likeness (QED) is 0.140. The van der Waals surface area contributed by atoms with E-state index < -0.39 is 0 Å². The number of esters is 1. The lowest BCUT2D eigenvalue weighted by molar-refractivity contribution is 0.0599. The number of ether oxygens (including phenoxy) is 4. The predicted molar refractivity (Wildman–Crippen MR) is 188 cm³/mol. The zero-order valence-electron chi connectivity index (χ0n) is 27.7. The van der Waals surface area contributed by atoms with Crippen molar-refractivity contribution in [1.82, 2.24) is 0 Å². The molecule has 47 heavy (non-hydrogen) atoms. The third-order valence-electron chi connectivity index (χ3n) is 8.88. The van der Waals surface area contributed by atoms with Gasteiger partial charge in [-0.2, -0.15) is 0 Å². The van der Waals surface area contributed by atoms with Crippen LogP contribution in [0.5, 0.6) is 23.0 Å². The van der Waals surface area contributed by atoms with Crippen LogP contribution in [0.15, 0.2) is 103 Å². The van der Waals surface area contributed by atoms with Crippen LogP contribution in [-0.2, 0) is 4.74 Å². The van der Waals surface area contributed by atoms with Crippen LogP contribution in [0.3, 0.4) is 0 Å². The molecule has 0 aromatic heterocycles. The van der Waals surface area contributed by atoms with Crippen molar-refractivity contribution < 1.29 is 23.7 Å². The van der Waals surface area contributed by atoms with Gasteiger partial charge in [0.2, 0.25) is 0 Å². The number of aryl methyl sites for hydroxylation is 1. The Morgan fingerprint density at radius 2 is 1.26 bits per heavy atom. The Morgan fingerprint density at radius 3 is 1.83 bits per heavy atom. The van der Waals surface area contributed by atoms with Gasteiger partial charge in [0, 0.05) is 59.0 Å². The topological polar surface area (TPSA) is 60.5 Å². The third kappa shape index (κ3) is 5.97. The minimum atomic E-state index is -0.375. The second kappa shape index (κ2) is 13.5. The molecular weight excluding hydrogens is 588 g/mol. The largest absolute Gasteiger partial charge is 0.497 e. The number of benzene rings is 5. The van der Waals surface area contributed by atoms with Gasteiger partial charge in [-0.3, -0.25) is 0 Å². The van der Waals surface area contributed by atoms with Gasteiger partial charge in [0.05, 0.1) is 26.9 Å². The van der Waals surface area contributed by atoms with Crippen molar-refractivity contribution in [3.8, 4) is 23.0 Å². The number of fused-ring (bicyclic) bond motifs is 2. The van der Waals surface area contributed by atoms with E-state index in [1.165, 1.54) is 7.11 Å². The van der Waals surface area contributed by atoms with Gasteiger partial charge in [-0.1, -0.05) is 24.3 Å². The molecule has 0 spiro atoms. The first-order valence-electron chi connectivity index (χ1n) is 15.9. The lowest BCUT2D eigenvalue weighted by atomic mass is 9.80. The highest BCUT2D eigenvalue weighted by molar-refractivity contribution is 5.92. The van der Waals surface area contributed by atoms with E-state index in [1.54, 1.807) is 14.2 Å². The molecule has 1 aliphatic rings. The predicted octanol–water partition coefficient (Wildman–Crippen LogP) is 9.40. The van der Waals surface area contributed by atoms with Crippen molar-refractivity contribution in [3.63, 3.8) is 0 Å². The van der Waals surface area contributed by atoms with Gasteiger partial charge in [-0.05, 0) is 105 Å². The lowest BCUT2D eigenvalue weighted by Gasteiger charge is -2.34. The number of methoxy groups -OCH3 is 3. The van der Waals surface area contributed by atoms with Crippen molar-refractivity contribution in [2.45, 2.75) is 26.7 Å². The summed E-state index contributed by atoms with van der Waals surface area (Å²) in [4.78, 5) is 17.7. The number of anilines is 4. The highest BCUT2D eigenvalue weighted by Gasteiger charge is 2.33. The molecule has 0 saturated heterocycles. The van der Waals surface area contributed by atoms with Gasteiger partial charge in [0.15, 0.2) is 0 Å². The summed E-state index contributed by atoms with van der Waals surface area (Å²) in [6, 6.07) is 34.4. The molecule has 1 heterocycles. The normalized spacial score (nSPS) is 13.1. The number of rotatable bonds is 10. The van der Waals surface area contributed by atoms with E-state index in [-0.39, 0.29) is 11.9 Å². The van der Waals surface area contributed by atoms with Crippen LogP contribution in [0.2, 0.25) is 0 Å². The smallest absolute Gasteiger partial charge is 0.338 e. The molecule has 0 N–H and O–H groups in total. The lowest BCUT2D eigenvalue weighted by Crippen LogP contribution is -2.22. The van der Waals surface area contributed by atoms with Gasteiger partial charge in [-0.15, -0.1) is 0 Å². The first-order valence-corrected chi connectivity index (χ1v) is 15.9. The third-order valence-corrected chi connectivity index (χ3v) is 8.88. The van der Waals surface area contributed by atoms with Crippen LogP contribution in [0.1, 0.15) is 52.4 Å². The minimum absolute atomic E-state index is 0.289. The van der Waals surface area contributed by atoms with Gasteiger partial charge in [-0.25, -0.2) is 4.79 Å². The van der Waals surface area contributed by atoms with Crippen molar-refractivity contribution in [2.75, 3.05) is 44.2 Å². The summed E-state index contributed by atoms with van der Waals surface area (Å²) in [5.41, 5.74) is 8.35. The molecule has 0 aliphatic carbocycles. The minimum Gasteiger partial charge on any atom is -0.497 e. The van der Waals surface area contributed by atoms with Gasteiger partial charge < -0.3 is 28.7 Å². The van der Waals surface area contributed by atoms with E-state index >= 15 is 0 Å². The first kappa shape index (κ1) is 31.5. The summed E-state index contributed by atoms with van der Waals surface area (Å²) in [7, 11) is 4.75. The summed E-state index contributed by atoms with van der Waals surface area (Å²) in [5, 5.41) is 0. The van der Waals surface area contributed by atoms with E-state index in [0.717, 1.165) is 81.1 Å². The highest BCUT2D eigenvalue weighted by atomic mass is 16.5. The molecule has 1 atom stereocenters. The Kier molecular flexibility index (Phi) is 9.07. The van der Waals surface area contributed by atoms with Crippen molar-refractivity contribution in [1.29, 1.82) is 0 Å². The molecule has 7 nitrogen and oxygen atoms in total. The number of hydrogen-bond acceptors (Lipinski definition) is 7. The van der Waals surface area contributed by atoms with E-state index in [9.17, 15) is 4.79 Å².